The number of nitrogens with one attached hydrogen (secondary N) is 1. The van der Waals surface area contributed by atoms with Gasteiger partial charge in [-0.1, -0.05) is 17.7 Å². The van der Waals surface area contributed by atoms with E-state index in [0.717, 1.165) is 11.3 Å². The van der Waals surface area contributed by atoms with Gasteiger partial charge in [0.15, 0.2) is 11.5 Å². The van der Waals surface area contributed by atoms with Crippen molar-refractivity contribution >= 4 is 18.1 Å². The van der Waals surface area contributed by atoms with Crippen molar-refractivity contribution in [3.63, 3.8) is 0 Å². The zero-order valence-electron chi connectivity index (χ0n) is 17.6. The molecule has 31 heavy (non-hydrogen) atoms. The van der Waals surface area contributed by atoms with Crippen LogP contribution in [0.2, 0.25) is 0 Å². The minimum Gasteiger partial charge on any atom is -0.490 e. The van der Waals surface area contributed by atoms with Crippen LogP contribution in [-0.4, -0.2) is 29.7 Å². The largest absolute Gasteiger partial charge is 0.490 e. The molecule has 0 aliphatic heterocycles. The van der Waals surface area contributed by atoms with Gasteiger partial charge in [-0.3, -0.25) is 9.78 Å². The maximum absolute atomic E-state index is 12.4. The molecule has 1 aromatic heterocycles. The summed E-state index contributed by atoms with van der Waals surface area (Å²) in [7, 11) is 0. The van der Waals surface area contributed by atoms with Crippen molar-refractivity contribution in [2.75, 3.05) is 6.61 Å². The van der Waals surface area contributed by atoms with Crippen molar-refractivity contribution in [3.05, 3.63) is 88.7 Å². The van der Waals surface area contributed by atoms with Gasteiger partial charge in [-0.2, -0.15) is 5.10 Å². The first-order valence-electron chi connectivity index (χ1n) is 9.78. The summed E-state index contributed by atoms with van der Waals surface area (Å²) in [6, 6.07) is 15.6. The SMILES string of the molecule is CCOc1cc(C=NNC(=O)c2ccc(C)nc2)ccc1OC(=O)c1ccc(C)cc1. The van der Waals surface area contributed by atoms with Gasteiger partial charge in [-0.15, -0.1) is 0 Å². The van der Waals surface area contributed by atoms with E-state index in [0.29, 0.717) is 34.8 Å². The molecule has 1 N–H and O–H groups in total. The van der Waals surface area contributed by atoms with Crippen LogP contribution in [0.3, 0.4) is 0 Å². The fourth-order valence-electron chi connectivity index (χ4n) is 2.64. The molecule has 0 atom stereocenters. The molecule has 1 amide bonds. The second-order valence-electron chi connectivity index (χ2n) is 6.78. The Morgan fingerprint density at radius 3 is 2.42 bits per heavy atom. The van der Waals surface area contributed by atoms with E-state index in [1.807, 2.05) is 32.9 Å². The number of hydrazone groups is 1. The number of hydrogen-bond donors (Lipinski definition) is 1. The Labute approximate surface area is 180 Å². The Morgan fingerprint density at radius 1 is 1.00 bits per heavy atom. The van der Waals surface area contributed by atoms with Crippen molar-refractivity contribution < 1.29 is 19.1 Å². The standard InChI is InChI=1S/C24H23N3O4/c1-4-30-22-13-18(14-26-27-23(28)20-11-7-17(3)25-15-20)8-12-21(22)31-24(29)19-9-5-16(2)6-10-19/h5-15H,4H2,1-3H3,(H,27,28). The molecule has 0 spiro atoms. The number of carbonyl (C=O) groups excluding carboxylic acids is 2. The number of hydrogen-bond acceptors (Lipinski definition) is 6. The summed E-state index contributed by atoms with van der Waals surface area (Å²) in [5.41, 5.74) is 5.87. The fourth-order valence-corrected chi connectivity index (χ4v) is 2.64. The van der Waals surface area contributed by atoms with Crippen molar-refractivity contribution in [1.29, 1.82) is 0 Å². The number of benzene rings is 2. The third-order valence-electron chi connectivity index (χ3n) is 4.31. The molecule has 0 radical (unpaired) electrons. The van der Waals surface area contributed by atoms with E-state index in [-0.39, 0.29) is 5.91 Å². The van der Waals surface area contributed by atoms with Crippen LogP contribution in [0.1, 0.15) is 44.5 Å². The predicted molar refractivity (Wildman–Crippen MR) is 118 cm³/mol. The van der Waals surface area contributed by atoms with Gasteiger partial charge in [0, 0.05) is 11.9 Å². The molecule has 158 valence electrons. The molecule has 0 aliphatic rings. The fraction of sp³-hybridized carbons (Fsp3) is 0.167. The third kappa shape index (κ3) is 5.99. The molecule has 7 heteroatoms. The molecule has 3 rings (SSSR count). The van der Waals surface area contributed by atoms with E-state index in [1.54, 1.807) is 42.5 Å². The Bertz CT molecular complexity index is 1090. The first-order chi connectivity index (χ1) is 15.0. The van der Waals surface area contributed by atoms with E-state index < -0.39 is 5.97 Å². The van der Waals surface area contributed by atoms with Gasteiger partial charge in [0.05, 0.1) is 23.9 Å². The van der Waals surface area contributed by atoms with Crippen LogP contribution in [-0.2, 0) is 0 Å². The average Bonchev–Trinajstić information content (AvgIpc) is 2.76. The second-order valence-corrected chi connectivity index (χ2v) is 6.78. The summed E-state index contributed by atoms with van der Waals surface area (Å²) >= 11 is 0. The van der Waals surface area contributed by atoms with E-state index >= 15 is 0 Å². The van der Waals surface area contributed by atoms with E-state index in [4.69, 9.17) is 9.47 Å². The lowest BCUT2D eigenvalue weighted by molar-refractivity contribution is 0.0728. The Hall–Kier alpha value is -4.00. The average molecular weight is 417 g/mol. The van der Waals surface area contributed by atoms with Gasteiger partial charge < -0.3 is 9.47 Å². The van der Waals surface area contributed by atoms with Crippen LogP contribution < -0.4 is 14.9 Å². The van der Waals surface area contributed by atoms with E-state index in [9.17, 15) is 9.59 Å². The van der Waals surface area contributed by atoms with E-state index in [1.165, 1.54) is 12.4 Å². The topological polar surface area (TPSA) is 89.9 Å². The van der Waals surface area contributed by atoms with Crippen LogP contribution >= 0.6 is 0 Å². The van der Waals surface area contributed by atoms with Gasteiger partial charge in [0.25, 0.3) is 5.91 Å². The maximum Gasteiger partial charge on any atom is 0.343 e. The number of nitrogens with zero attached hydrogens (tertiary/aromatic N) is 2. The quantitative estimate of drug-likeness (QED) is 0.271. The van der Waals surface area contributed by atoms with Gasteiger partial charge in [0.2, 0.25) is 0 Å². The molecule has 7 nitrogen and oxygen atoms in total. The minimum atomic E-state index is -0.471. The maximum atomic E-state index is 12.4. The van der Waals surface area contributed by atoms with Gasteiger partial charge in [-0.05, 0) is 68.8 Å². The van der Waals surface area contributed by atoms with Gasteiger partial charge >= 0.3 is 5.97 Å². The Morgan fingerprint density at radius 2 is 1.74 bits per heavy atom. The number of amides is 1. The summed E-state index contributed by atoms with van der Waals surface area (Å²) < 4.78 is 11.1. The number of ether oxygens (including phenoxy) is 2. The van der Waals surface area contributed by atoms with Gasteiger partial charge in [0.1, 0.15) is 0 Å². The zero-order valence-corrected chi connectivity index (χ0v) is 17.6. The summed E-state index contributed by atoms with van der Waals surface area (Å²) in [6.45, 7) is 6.02. The van der Waals surface area contributed by atoms with Crippen molar-refractivity contribution in [2.24, 2.45) is 5.10 Å². The second kappa shape index (κ2) is 10.2. The molecule has 0 bridgehead atoms. The first-order valence-corrected chi connectivity index (χ1v) is 9.78. The third-order valence-corrected chi connectivity index (χ3v) is 4.31. The highest BCUT2D eigenvalue weighted by molar-refractivity contribution is 5.94. The van der Waals surface area contributed by atoms with Crippen molar-refractivity contribution in [1.82, 2.24) is 10.4 Å². The number of esters is 1. The van der Waals surface area contributed by atoms with Crippen LogP contribution in [0.25, 0.3) is 0 Å². The predicted octanol–water partition coefficient (Wildman–Crippen LogP) is 4.08. The van der Waals surface area contributed by atoms with Crippen molar-refractivity contribution in [2.45, 2.75) is 20.8 Å². The number of rotatable bonds is 7. The molecule has 3 aromatic rings. The normalized spacial score (nSPS) is 10.7. The van der Waals surface area contributed by atoms with E-state index in [2.05, 4.69) is 15.5 Å². The molecule has 0 saturated carbocycles. The molecule has 0 fully saturated rings. The lowest BCUT2D eigenvalue weighted by atomic mass is 10.1. The lowest BCUT2D eigenvalue weighted by Crippen LogP contribution is -2.17. The summed E-state index contributed by atoms with van der Waals surface area (Å²) in [5.74, 6) is -0.126. The monoisotopic (exact) mass is 417 g/mol. The number of aromatic nitrogens is 1. The molecule has 0 aliphatic carbocycles. The molecular weight excluding hydrogens is 394 g/mol. The Kier molecular flexibility index (Phi) is 7.11. The van der Waals surface area contributed by atoms with Crippen LogP contribution in [0.5, 0.6) is 11.5 Å². The molecular formula is C24H23N3O4. The summed E-state index contributed by atoms with van der Waals surface area (Å²) in [6.07, 6.45) is 2.97. The first kappa shape index (κ1) is 21.7. The highest BCUT2D eigenvalue weighted by Gasteiger charge is 2.13. The summed E-state index contributed by atoms with van der Waals surface area (Å²) in [5, 5.41) is 3.97. The minimum absolute atomic E-state index is 0.305. The zero-order chi connectivity index (χ0) is 22.2. The number of pyridine rings is 1. The molecule has 2 aromatic carbocycles. The van der Waals surface area contributed by atoms with Crippen LogP contribution in [0.4, 0.5) is 0 Å². The van der Waals surface area contributed by atoms with Gasteiger partial charge in [-0.25, -0.2) is 10.2 Å². The van der Waals surface area contributed by atoms with Crippen molar-refractivity contribution in [3.8, 4) is 11.5 Å². The highest BCUT2D eigenvalue weighted by atomic mass is 16.6. The highest BCUT2D eigenvalue weighted by Crippen LogP contribution is 2.29. The number of carbonyl (C=O) groups is 2. The molecule has 1 heterocycles. The molecule has 0 saturated heterocycles. The Balaban J connectivity index is 1.69. The van der Waals surface area contributed by atoms with Crippen LogP contribution in [0, 0.1) is 13.8 Å². The smallest absolute Gasteiger partial charge is 0.343 e. The van der Waals surface area contributed by atoms with Crippen LogP contribution in [0.15, 0.2) is 65.9 Å². The lowest BCUT2D eigenvalue weighted by Gasteiger charge is -2.11. The number of aryl methyl sites for hydroxylation is 2. The summed E-state index contributed by atoms with van der Waals surface area (Å²) in [4.78, 5) is 28.6. The molecule has 0 unspecified atom stereocenters.